The third-order valence-electron chi connectivity index (χ3n) is 4.51. The van der Waals surface area contributed by atoms with Gasteiger partial charge in [-0.15, -0.1) is 0 Å². The highest BCUT2D eigenvalue weighted by molar-refractivity contribution is 8.04. The quantitative estimate of drug-likeness (QED) is 0.919. The number of rotatable bonds is 3. The average molecular weight is 338 g/mol. The van der Waals surface area contributed by atoms with Crippen molar-refractivity contribution < 1.29 is 9.53 Å². The van der Waals surface area contributed by atoms with E-state index in [0.717, 1.165) is 29.4 Å². The second kappa shape index (κ2) is 6.32. The first-order valence-electron chi connectivity index (χ1n) is 8.09. The topological polar surface area (TPSA) is 51.2 Å². The molecule has 122 valence electrons. The summed E-state index contributed by atoms with van der Waals surface area (Å²) >= 11 is 1.65. The number of pyridine rings is 1. The van der Waals surface area contributed by atoms with Crippen LogP contribution in [-0.4, -0.2) is 16.1 Å². The van der Waals surface area contributed by atoms with Crippen molar-refractivity contribution in [3.05, 3.63) is 65.0 Å². The Hall–Kier alpha value is -2.27. The molecule has 2 atom stereocenters. The van der Waals surface area contributed by atoms with Crippen molar-refractivity contribution in [2.24, 2.45) is 0 Å². The second-order valence-corrected chi connectivity index (χ2v) is 7.15. The van der Waals surface area contributed by atoms with Gasteiger partial charge >= 0.3 is 0 Å². The molecule has 1 unspecified atom stereocenters. The number of benzene rings is 1. The molecule has 1 N–H and O–H groups in total. The summed E-state index contributed by atoms with van der Waals surface area (Å²) in [5.74, 6) is 2.02. The van der Waals surface area contributed by atoms with Gasteiger partial charge in [0, 0.05) is 18.3 Å². The molecule has 24 heavy (non-hydrogen) atoms. The van der Waals surface area contributed by atoms with Crippen molar-refractivity contribution in [2.75, 3.05) is 0 Å². The van der Waals surface area contributed by atoms with E-state index in [9.17, 15) is 4.79 Å². The van der Waals surface area contributed by atoms with Gasteiger partial charge in [0.1, 0.15) is 11.5 Å². The minimum atomic E-state index is -0.0237. The van der Waals surface area contributed by atoms with E-state index in [2.05, 4.69) is 22.4 Å². The van der Waals surface area contributed by atoms with Gasteiger partial charge in [-0.1, -0.05) is 23.9 Å². The van der Waals surface area contributed by atoms with Crippen LogP contribution in [0.4, 0.5) is 0 Å². The molecular formula is C19H18N2O2S. The molecule has 0 radical (unpaired) electrons. The lowest BCUT2D eigenvalue weighted by atomic mass is 9.97. The maximum Gasteiger partial charge on any atom is 0.238 e. The fourth-order valence-corrected chi connectivity index (χ4v) is 4.55. The van der Waals surface area contributed by atoms with Crippen molar-refractivity contribution in [2.45, 2.75) is 30.9 Å². The monoisotopic (exact) mass is 338 g/mol. The van der Waals surface area contributed by atoms with E-state index >= 15 is 0 Å². The summed E-state index contributed by atoms with van der Waals surface area (Å²) in [5, 5.41) is 3.90. The Balaban J connectivity index is 1.56. The van der Waals surface area contributed by atoms with Gasteiger partial charge in [-0.2, -0.15) is 0 Å². The maximum absolute atomic E-state index is 12.2. The zero-order chi connectivity index (χ0) is 16.5. The molecular weight excluding hydrogens is 320 g/mol. The lowest BCUT2D eigenvalue weighted by Gasteiger charge is -2.16. The van der Waals surface area contributed by atoms with Gasteiger partial charge in [-0.25, -0.2) is 0 Å². The molecule has 4 rings (SSSR count). The third kappa shape index (κ3) is 2.80. The van der Waals surface area contributed by atoms with E-state index in [1.54, 1.807) is 24.2 Å². The molecule has 2 aliphatic rings. The summed E-state index contributed by atoms with van der Waals surface area (Å²) in [7, 11) is 0. The molecule has 1 aliphatic heterocycles. The Kier molecular flexibility index (Phi) is 4.02. The van der Waals surface area contributed by atoms with Crippen LogP contribution in [0.2, 0.25) is 0 Å². The normalized spacial score (nSPS) is 24.0. The first kappa shape index (κ1) is 15.3. The van der Waals surface area contributed by atoms with Crippen LogP contribution in [0.15, 0.2) is 53.8 Å². The van der Waals surface area contributed by atoms with Crippen molar-refractivity contribution in [1.82, 2.24) is 10.3 Å². The predicted octanol–water partition coefficient (Wildman–Crippen LogP) is 4.00. The number of nitrogens with zero attached hydrogens (tertiary/aromatic N) is 1. The van der Waals surface area contributed by atoms with Gasteiger partial charge in [0.25, 0.3) is 0 Å². The Morgan fingerprint density at radius 1 is 1.25 bits per heavy atom. The van der Waals surface area contributed by atoms with Gasteiger partial charge in [0.15, 0.2) is 0 Å². The zero-order valence-electron chi connectivity index (χ0n) is 13.4. The smallest absolute Gasteiger partial charge is 0.238 e. The van der Waals surface area contributed by atoms with Gasteiger partial charge in [0.2, 0.25) is 5.91 Å². The molecule has 5 heteroatoms. The number of allylic oxidation sites excluding steroid dienone is 1. The third-order valence-corrected chi connectivity index (χ3v) is 5.90. The highest BCUT2D eigenvalue weighted by atomic mass is 32.2. The van der Waals surface area contributed by atoms with Crippen LogP contribution >= 0.6 is 11.8 Å². The number of hydrogen-bond donors (Lipinski definition) is 1. The Morgan fingerprint density at radius 3 is 2.83 bits per heavy atom. The van der Waals surface area contributed by atoms with Crippen molar-refractivity contribution in [3.63, 3.8) is 0 Å². The molecule has 1 aliphatic carbocycles. The molecule has 1 aromatic carbocycles. The predicted molar refractivity (Wildman–Crippen MR) is 95.1 cm³/mol. The van der Waals surface area contributed by atoms with E-state index in [0.29, 0.717) is 0 Å². The molecule has 1 fully saturated rings. The SMILES string of the molecule is C/C=C1/NC(=O)C([C@@H]2CCc3cc(Oc4ccncc4)ccc32)S1. The van der Waals surface area contributed by atoms with Crippen LogP contribution in [0.25, 0.3) is 0 Å². The van der Waals surface area contributed by atoms with Crippen LogP contribution < -0.4 is 10.1 Å². The standard InChI is InChI=1S/C19H18N2O2S/c1-2-17-21-19(22)18(24-17)16-5-3-12-11-14(4-6-15(12)16)23-13-7-9-20-10-8-13/h2,4,6-11,16,18H,3,5H2,1H3,(H,21,22)/b17-2-/t16-,18?/m1/s1. The second-order valence-electron chi connectivity index (χ2n) is 5.97. The number of aryl methyl sites for hydroxylation is 1. The Morgan fingerprint density at radius 2 is 2.08 bits per heavy atom. The van der Waals surface area contributed by atoms with Crippen LogP contribution in [0.1, 0.15) is 30.4 Å². The highest BCUT2D eigenvalue weighted by Crippen LogP contribution is 2.45. The summed E-state index contributed by atoms with van der Waals surface area (Å²) in [6.45, 7) is 1.95. The fourth-order valence-electron chi connectivity index (χ4n) is 3.36. The lowest BCUT2D eigenvalue weighted by Crippen LogP contribution is -2.26. The number of nitrogens with one attached hydrogen (secondary N) is 1. The van der Waals surface area contributed by atoms with E-state index in [-0.39, 0.29) is 17.1 Å². The maximum atomic E-state index is 12.2. The number of amides is 1. The van der Waals surface area contributed by atoms with Crippen LogP contribution in [0.3, 0.4) is 0 Å². The minimum Gasteiger partial charge on any atom is -0.457 e. The molecule has 1 saturated heterocycles. The molecule has 4 nitrogen and oxygen atoms in total. The van der Waals surface area contributed by atoms with Crippen LogP contribution in [0, 0.1) is 0 Å². The molecule has 0 saturated carbocycles. The van der Waals surface area contributed by atoms with E-state index < -0.39 is 0 Å². The zero-order valence-corrected chi connectivity index (χ0v) is 14.2. The van der Waals surface area contributed by atoms with Crippen LogP contribution in [-0.2, 0) is 11.2 Å². The van der Waals surface area contributed by atoms with E-state index in [1.807, 2.05) is 31.2 Å². The molecule has 1 amide bonds. The summed E-state index contributed by atoms with van der Waals surface area (Å²) in [5.41, 5.74) is 2.57. The summed E-state index contributed by atoms with van der Waals surface area (Å²) in [6.07, 6.45) is 7.39. The summed E-state index contributed by atoms with van der Waals surface area (Å²) < 4.78 is 5.89. The summed E-state index contributed by atoms with van der Waals surface area (Å²) in [4.78, 5) is 16.2. The van der Waals surface area contributed by atoms with Crippen molar-refractivity contribution >= 4 is 17.7 Å². The molecule has 1 aromatic heterocycles. The lowest BCUT2D eigenvalue weighted by molar-refractivity contribution is -0.119. The summed E-state index contributed by atoms with van der Waals surface area (Å²) in [6, 6.07) is 9.89. The molecule has 0 spiro atoms. The number of hydrogen-bond acceptors (Lipinski definition) is 4. The largest absolute Gasteiger partial charge is 0.457 e. The molecule has 0 bridgehead atoms. The first-order valence-corrected chi connectivity index (χ1v) is 8.97. The minimum absolute atomic E-state index is 0.0237. The number of aromatic nitrogens is 1. The Labute approximate surface area is 145 Å². The number of carbonyl (C=O) groups excluding carboxylic acids is 1. The van der Waals surface area contributed by atoms with E-state index in [4.69, 9.17) is 4.74 Å². The molecule has 2 aromatic rings. The van der Waals surface area contributed by atoms with Crippen molar-refractivity contribution in [1.29, 1.82) is 0 Å². The molecule has 2 heterocycles. The van der Waals surface area contributed by atoms with Gasteiger partial charge in [-0.3, -0.25) is 9.78 Å². The Bertz CT molecular complexity index is 804. The van der Waals surface area contributed by atoms with Crippen LogP contribution in [0.5, 0.6) is 11.5 Å². The highest BCUT2D eigenvalue weighted by Gasteiger charge is 2.39. The fraction of sp³-hybridized carbons (Fsp3) is 0.263. The van der Waals surface area contributed by atoms with Crippen molar-refractivity contribution in [3.8, 4) is 11.5 Å². The van der Waals surface area contributed by atoms with Gasteiger partial charge in [0.05, 0.1) is 10.3 Å². The number of carbonyl (C=O) groups is 1. The van der Waals surface area contributed by atoms with E-state index in [1.165, 1.54) is 11.1 Å². The van der Waals surface area contributed by atoms with Gasteiger partial charge < -0.3 is 10.1 Å². The van der Waals surface area contributed by atoms with Gasteiger partial charge in [-0.05, 0) is 55.2 Å². The number of fused-ring (bicyclic) bond motifs is 1. The first-order chi connectivity index (χ1) is 11.7. The number of ether oxygens (including phenoxy) is 1. The average Bonchev–Trinajstić information content (AvgIpc) is 3.18. The number of thioether (sulfide) groups is 1.